The monoisotopic (exact) mass is 531 g/mol. The predicted molar refractivity (Wildman–Crippen MR) is 138 cm³/mol. The van der Waals surface area contributed by atoms with E-state index in [9.17, 15) is 18.0 Å². The molecule has 5 rings (SSSR count). The SMILES string of the molecule is COc1ccc2oc(=O)cc(NC3CCN(Cc4cc5ccccc5n4C)CC3)c2c1.O=C(O)C(F)(F)F. The maximum absolute atomic E-state index is 12.0. The zero-order chi connectivity index (χ0) is 27.4. The lowest BCUT2D eigenvalue weighted by Crippen LogP contribution is -2.39. The molecule has 11 heteroatoms. The molecule has 0 radical (unpaired) electrons. The van der Waals surface area contributed by atoms with Gasteiger partial charge in [-0.2, -0.15) is 13.2 Å². The number of aliphatic carboxylic acids is 1. The van der Waals surface area contributed by atoms with E-state index in [2.05, 4.69) is 52.2 Å². The van der Waals surface area contributed by atoms with Crippen molar-refractivity contribution in [3.8, 4) is 5.75 Å². The highest BCUT2D eigenvalue weighted by Gasteiger charge is 2.38. The van der Waals surface area contributed by atoms with Crippen LogP contribution in [0.5, 0.6) is 5.75 Å². The zero-order valence-electron chi connectivity index (χ0n) is 20.9. The van der Waals surface area contributed by atoms with Crippen LogP contribution in [-0.2, 0) is 18.4 Å². The number of halogens is 3. The third-order valence-corrected chi connectivity index (χ3v) is 6.58. The third-order valence-electron chi connectivity index (χ3n) is 6.58. The number of para-hydroxylation sites is 1. The summed E-state index contributed by atoms with van der Waals surface area (Å²) in [6.45, 7) is 2.98. The fourth-order valence-electron chi connectivity index (χ4n) is 4.57. The Morgan fingerprint density at radius 2 is 1.82 bits per heavy atom. The van der Waals surface area contributed by atoms with E-state index in [1.807, 2.05) is 6.07 Å². The largest absolute Gasteiger partial charge is 0.497 e. The van der Waals surface area contributed by atoms with Crippen molar-refractivity contribution in [2.24, 2.45) is 7.05 Å². The fourth-order valence-corrected chi connectivity index (χ4v) is 4.57. The van der Waals surface area contributed by atoms with Crippen molar-refractivity contribution in [2.45, 2.75) is 31.6 Å². The van der Waals surface area contributed by atoms with Gasteiger partial charge >= 0.3 is 17.8 Å². The number of alkyl halides is 3. The fraction of sp³-hybridized carbons (Fsp3) is 0.333. The van der Waals surface area contributed by atoms with Gasteiger partial charge in [0.05, 0.1) is 12.8 Å². The van der Waals surface area contributed by atoms with Crippen LogP contribution in [0.3, 0.4) is 0 Å². The number of carboxylic acids is 1. The number of benzene rings is 2. The second-order valence-electron chi connectivity index (χ2n) is 9.09. The minimum absolute atomic E-state index is 0.319. The van der Waals surface area contributed by atoms with E-state index in [0.717, 1.165) is 49.3 Å². The lowest BCUT2D eigenvalue weighted by Gasteiger charge is -2.33. The van der Waals surface area contributed by atoms with Gasteiger partial charge in [0.1, 0.15) is 11.3 Å². The summed E-state index contributed by atoms with van der Waals surface area (Å²) in [5, 5.41) is 12.9. The summed E-state index contributed by atoms with van der Waals surface area (Å²) in [6.07, 6.45) is -3.04. The quantitative estimate of drug-likeness (QED) is 0.350. The van der Waals surface area contributed by atoms with Crippen molar-refractivity contribution in [2.75, 3.05) is 25.5 Å². The number of carbonyl (C=O) groups is 1. The Morgan fingerprint density at radius 3 is 2.45 bits per heavy atom. The number of piperidine rings is 1. The first-order valence-electron chi connectivity index (χ1n) is 12.0. The van der Waals surface area contributed by atoms with Gasteiger partial charge in [-0.05, 0) is 48.6 Å². The van der Waals surface area contributed by atoms with Crippen LogP contribution in [0.2, 0.25) is 0 Å². The van der Waals surface area contributed by atoms with Crippen molar-refractivity contribution in [3.63, 3.8) is 0 Å². The first-order valence-corrected chi connectivity index (χ1v) is 12.0. The van der Waals surface area contributed by atoms with Crippen LogP contribution in [0.4, 0.5) is 18.9 Å². The number of rotatable bonds is 5. The smallest absolute Gasteiger partial charge is 0.490 e. The normalized spacial score (nSPS) is 14.8. The molecule has 0 saturated carbocycles. The van der Waals surface area contributed by atoms with Crippen LogP contribution in [0, 0.1) is 0 Å². The molecule has 0 aliphatic carbocycles. The summed E-state index contributed by atoms with van der Waals surface area (Å²) in [7, 11) is 3.78. The van der Waals surface area contributed by atoms with Gasteiger partial charge < -0.3 is 24.1 Å². The van der Waals surface area contributed by atoms with Gasteiger partial charge in [0, 0.05) is 55.4 Å². The number of ether oxygens (including phenoxy) is 1. The molecule has 38 heavy (non-hydrogen) atoms. The number of hydrogen-bond donors (Lipinski definition) is 2. The Kier molecular flexibility index (Phi) is 7.96. The molecule has 202 valence electrons. The van der Waals surface area contributed by atoms with Crippen molar-refractivity contribution >= 4 is 33.5 Å². The number of methoxy groups -OCH3 is 1. The van der Waals surface area contributed by atoms with Crippen molar-refractivity contribution in [1.82, 2.24) is 9.47 Å². The van der Waals surface area contributed by atoms with Crippen LogP contribution in [0.25, 0.3) is 21.9 Å². The number of anilines is 1. The van der Waals surface area contributed by atoms with E-state index >= 15 is 0 Å². The number of nitrogens with zero attached hydrogens (tertiary/aromatic N) is 2. The number of aryl methyl sites for hydroxylation is 1. The molecule has 1 aliphatic rings. The Balaban J connectivity index is 0.000000426. The van der Waals surface area contributed by atoms with Crippen molar-refractivity contribution in [3.05, 3.63) is 70.7 Å². The van der Waals surface area contributed by atoms with Crippen LogP contribution in [0.15, 0.2) is 63.8 Å². The molecule has 8 nitrogen and oxygen atoms in total. The highest BCUT2D eigenvalue weighted by molar-refractivity contribution is 5.90. The summed E-state index contributed by atoms with van der Waals surface area (Å²) in [5.74, 6) is -2.01. The molecular formula is C27H28F3N3O5. The van der Waals surface area contributed by atoms with Gasteiger partial charge in [-0.1, -0.05) is 18.2 Å². The van der Waals surface area contributed by atoms with Gasteiger partial charge in [0.2, 0.25) is 0 Å². The van der Waals surface area contributed by atoms with E-state index in [4.69, 9.17) is 19.1 Å². The molecule has 0 amide bonds. The Morgan fingerprint density at radius 1 is 1.13 bits per heavy atom. The van der Waals surface area contributed by atoms with Crippen molar-refractivity contribution < 1.29 is 32.2 Å². The highest BCUT2D eigenvalue weighted by Crippen LogP contribution is 2.28. The number of carboxylic acid groups (broad SMARTS) is 1. The van der Waals surface area contributed by atoms with Crippen molar-refractivity contribution in [1.29, 1.82) is 0 Å². The number of hydrogen-bond acceptors (Lipinski definition) is 6. The summed E-state index contributed by atoms with van der Waals surface area (Å²) in [4.78, 5) is 23.4. The first kappa shape index (κ1) is 27.1. The Bertz CT molecular complexity index is 1490. The topological polar surface area (TPSA) is 96.9 Å². The van der Waals surface area contributed by atoms with E-state index in [1.165, 1.54) is 16.6 Å². The number of nitrogens with one attached hydrogen (secondary N) is 1. The number of likely N-dealkylation sites (tertiary alicyclic amines) is 1. The lowest BCUT2D eigenvalue weighted by atomic mass is 10.0. The average molecular weight is 532 g/mol. The van der Waals surface area contributed by atoms with E-state index in [1.54, 1.807) is 25.3 Å². The molecular weight excluding hydrogens is 503 g/mol. The van der Waals surface area contributed by atoms with E-state index in [0.29, 0.717) is 11.6 Å². The minimum Gasteiger partial charge on any atom is -0.497 e. The second-order valence-corrected chi connectivity index (χ2v) is 9.09. The maximum Gasteiger partial charge on any atom is 0.490 e. The van der Waals surface area contributed by atoms with E-state index in [-0.39, 0.29) is 5.63 Å². The van der Waals surface area contributed by atoms with Gasteiger partial charge in [0.15, 0.2) is 0 Å². The van der Waals surface area contributed by atoms with Gasteiger partial charge in [-0.25, -0.2) is 9.59 Å². The molecule has 1 saturated heterocycles. The molecule has 2 aromatic heterocycles. The van der Waals surface area contributed by atoms with Gasteiger partial charge in [-0.3, -0.25) is 4.90 Å². The molecule has 1 aliphatic heterocycles. The number of aromatic nitrogens is 1. The van der Waals surface area contributed by atoms with Crippen LogP contribution in [0.1, 0.15) is 18.5 Å². The number of fused-ring (bicyclic) bond motifs is 2. The van der Waals surface area contributed by atoms with Crippen LogP contribution in [-0.4, -0.2) is 53.0 Å². The summed E-state index contributed by atoms with van der Waals surface area (Å²) in [5.41, 5.74) is 3.67. The standard InChI is InChI=1S/C25H27N3O3.C2HF3O2/c1-27-19(13-17-5-3-4-6-23(17)27)16-28-11-9-18(10-12-28)26-22-15-25(29)31-24-8-7-20(30-2)14-21(22)24;3-2(4,5)1(6)7/h3-8,13-15,18,26H,9-12,16H2,1-2H3;(H,6,7). The zero-order valence-corrected chi connectivity index (χ0v) is 20.9. The molecule has 2 aromatic carbocycles. The summed E-state index contributed by atoms with van der Waals surface area (Å²) < 4.78 is 44.7. The molecule has 1 fully saturated rings. The minimum atomic E-state index is -5.08. The maximum atomic E-state index is 12.0. The molecule has 0 spiro atoms. The first-order chi connectivity index (χ1) is 18.0. The molecule has 0 bridgehead atoms. The summed E-state index contributed by atoms with van der Waals surface area (Å²) in [6, 6.07) is 18.2. The van der Waals surface area contributed by atoms with Crippen LogP contribution >= 0.6 is 0 Å². The summed E-state index contributed by atoms with van der Waals surface area (Å²) >= 11 is 0. The molecule has 0 atom stereocenters. The molecule has 4 aromatic rings. The average Bonchev–Trinajstić information content (AvgIpc) is 3.20. The molecule has 0 unspecified atom stereocenters. The van der Waals surface area contributed by atoms with Gasteiger partial charge in [-0.15, -0.1) is 0 Å². The highest BCUT2D eigenvalue weighted by atomic mass is 19.4. The Labute approximate surface area is 216 Å². The van der Waals surface area contributed by atoms with Crippen LogP contribution < -0.4 is 15.7 Å². The lowest BCUT2D eigenvalue weighted by molar-refractivity contribution is -0.192. The predicted octanol–water partition coefficient (Wildman–Crippen LogP) is 5.00. The van der Waals surface area contributed by atoms with Gasteiger partial charge in [0.25, 0.3) is 0 Å². The second kappa shape index (κ2) is 11.2. The third kappa shape index (κ3) is 6.28. The molecule has 3 heterocycles. The Hall–Kier alpha value is -3.99. The molecule has 2 N–H and O–H groups in total. The van der Waals surface area contributed by atoms with E-state index < -0.39 is 12.1 Å².